The lowest BCUT2D eigenvalue weighted by Gasteiger charge is -2.18. The van der Waals surface area contributed by atoms with E-state index in [9.17, 15) is 14.4 Å². The number of rotatable bonds is 49. The number of esters is 3. The normalized spacial score (nSPS) is 12.0. The van der Waals surface area contributed by atoms with Gasteiger partial charge in [0, 0.05) is 19.3 Å². The van der Waals surface area contributed by atoms with Crippen molar-refractivity contribution >= 4 is 17.9 Å². The second-order valence-electron chi connectivity index (χ2n) is 18.2. The zero-order chi connectivity index (χ0) is 43.7. The van der Waals surface area contributed by atoms with Gasteiger partial charge in [-0.2, -0.15) is 0 Å². The number of allylic oxidation sites excluding steroid dienone is 2. The van der Waals surface area contributed by atoms with Gasteiger partial charge >= 0.3 is 17.9 Å². The second-order valence-corrected chi connectivity index (χ2v) is 18.2. The highest BCUT2D eigenvalue weighted by molar-refractivity contribution is 5.71. The summed E-state index contributed by atoms with van der Waals surface area (Å²) in [4.78, 5) is 37.9. The van der Waals surface area contributed by atoms with E-state index in [0.29, 0.717) is 19.3 Å². The Morgan fingerprint density at radius 1 is 0.317 bits per heavy atom. The Morgan fingerprint density at radius 2 is 0.550 bits per heavy atom. The lowest BCUT2D eigenvalue weighted by Crippen LogP contribution is -2.30. The minimum atomic E-state index is -0.770. The van der Waals surface area contributed by atoms with Crippen molar-refractivity contribution in [2.45, 2.75) is 303 Å². The molecule has 0 spiro atoms. The predicted octanol–water partition coefficient (Wildman–Crippen LogP) is 17.4. The number of carbonyl (C=O) groups is 3. The Bertz CT molecular complexity index is 931. The van der Waals surface area contributed by atoms with Gasteiger partial charge < -0.3 is 14.2 Å². The van der Waals surface area contributed by atoms with E-state index >= 15 is 0 Å². The third kappa shape index (κ3) is 47.2. The van der Waals surface area contributed by atoms with Crippen molar-refractivity contribution in [3.05, 3.63) is 12.2 Å². The molecule has 0 rings (SSSR count). The Kier molecular flexibility index (Phi) is 48.3. The molecule has 0 aliphatic rings. The van der Waals surface area contributed by atoms with Crippen LogP contribution in [-0.2, 0) is 28.6 Å². The molecule has 6 nitrogen and oxygen atoms in total. The van der Waals surface area contributed by atoms with Gasteiger partial charge in [0.2, 0.25) is 0 Å². The molecule has 0 heterocycles. The van der Waals surface area contributed by atoms with Crippen LogP contribution in [0.3, 0.4) is 0 Å². The minimum Gasteiger partial charge on any atom is -0.462 e. The highest BCUT2D eigenvalue weighted by Gasteiger charge is 2.19. The molecule has 0 bridgehead atoms. The Hall–Kier alpha value is -1.85. The number of unbranched alkanes of at least 4 members (excludes halogenated alkanes) is 36. The third-order valence-corrected chi connectivity index (χ3v) is 12.0. The van der Waals surface area contributed by atoms with Crippen LogP contribution in [-0.4, -0.2) is 37.2 Å². The number of hydrogen-bond acceptors (Lipinski definition) is 6. The monoisotopic (exact) mass is 847 g/mol. The van der Waals surface area contributed by atoms with E-state index in [-0.39, 0.29) is 31.1 Å². The molecule has 0 saturated heterocycles. The fourth-order valence-electron chi connectivity index (χ4n) is 7.97. The zero-order valence-electron chi connectivity index (χ0n) is 40.5. The first-order chi connectivity index (χ1) is 29.5. The van der Waals surface area contributed by atoms with Crippen molar-refractivity contribution in [3.8, 4) is 0 Å². The molecule has 0 aromatic heterocycles. The smallest absolute Gasteiger partial charge is 0.306 e. The summed E-state index contributed by atoms with van der Waals surface area (Å²) in [7, 11) is 0. The molecule has 0 aromatic carbocycles. The van der Waals surface area contributed by atoms with Crippen molar-refractivity contribution in [2.24, 2.45) is 0 Å². The SMILES string of the molecule is CCCCCCCCC/C=C\CCCCCC(=O)OC(COC(=O)CCCCCCCCCCCC)COC(=O)CCCCCCCCCCCCCCCCCCCC. The van der Waals surface area contributed by atoms with Crippen molar-refractivity contribution in [1.82, 2.24) is 0 Å². The zero-order valence-corrected chi connectivity index (χ0v) is 40.5. The van der Waals surface area contributed by atoms with Crippen LogP contribution in [0.1, 0.15) is 297 Å². The van der Waals surface area contributed by atoms with Crippen LogP contribution < -0.4 is 0 Å². The van der Waals surface area contributed by atoms with Crippen LogP contribution >= 0.6 is 0 Å². The van der Waals surface area contributed by atoms with Crippen LogP contribution in [0.2, 0.25) is 0 Å². The summed E-state index contributed by atoms with van der Waals surface area (Å²) in [6, 6.07) is 0. The van der Waals surface area contributed by atoms with E-state index in [0.717, 1.165) is 70.6 Å². The molecule has 60 heavy (non-hydrogen) atoms. The van der Waals surface area contributed by atoms with Crippen LogP contribution in [0, 0.1) is 0 Å². The molecule has 0 aliphatic carbocycles. The van der Waals surface area contributed by atoms with Gasteiger partial charge in [-0.05, 0) is 44.9 Å². The number of ether oxygens (including phenoxy) is 3. The molecule has 1 atom stereocenters. The maximum atomic E-state index is 12.8. The van der Waals surface area contributed by atoms with Crippen LogP contribution in [0.5, 0.6) is 0 Å². The van der Waals surface area contributed by atoms with Gasteiger partial charge in [-0.3, -0.25) is 14.4 Å². The molecule has 0 amide bonds. The Morgan fingerprint density at radius 3 is 0.850 bits per heavy atom. The summed E-state index contributed by atoms with van der Waals surface area (Å²) in [5.41, 5.74) is 0. The molecule has 1 unspecified atom stereocenters. The topological polar surface area (TPSA) is 78.9 Å². The average Bonchev–Trinajstić information content (AvgIpc) is 3.24. The first-order valence-electron chi connectivity index (χ1n) is 26.7. The predicted molar refractivity (Wildman–Crippen MR) is 256 cm³/mol. The summed E-state index contributed by atoms with van der Waals surface area (Å²) < 4.78 is 16.8. The fourth-order valence-corrected chi connectivity index (χ4v) is 7.97. The molecule has 0 saturated carbocycles. The van der Waals surface area contributed by atoms with Crippen LogP contribution in [0.15, 0.2) is 12.2 Å². The van der Waals surface area contributed by atoms with Gasteiger partial charge in [0.25, 0.3) is 0 Å². The van der Waals surface area contributed by atoms with Gasteiger partial charge in [-0.25, -0.2) is 0 Å². The summed E-state index contributed by atoms with van der Waals surface area (Å²) in [5.74, 6) is -0.871. The van der Waals surface area contributed by atoms with Gasteiger partial charge in [0.15, 0.2) is 6.10 Å². The Balaban J connectivity index is 4.28. The summed E-state index contributed by atoms with van der Waals surface area (Å²) in [5, 5.41) is 0. The molecule has 0 fully saturated rings. The Labute approximate surface area is 373 Å². The van der Waals surface area contributed by atoms with Gasteiger partial charge in [-0.1, -0.05) is 245 Å². The minimum absolute atomic E-state index is 0.0707. The van der Waals surface area contributed by atoms with Crippen molar-refractivity contribution < 1.29 is 28.6 Å². The number of hydrogen-bond donors (Lipinski definition) is 0. The maximum Gasteiger partial charge on any atom is 0.306 e. The van der Waals surface area contributed by atoms with Gasteiger partial charge in [-0.15, -0.1) is 0 Å². The molecule has 0 radical (unpaired) electrons. The van der Waals surface area contributed by atoms with Crippen molar-refractivity contribution in [3.63, 3.8) is 0 Å². The summed E-state index contributed by atoms with van der Waals surface area (Å²) in [6.45, 7) is 6.65. The molecular formula is C54H102O6. The highest BCUT2D eigenvalue weighted by Crippen LogP contribution is 2.16. The fraction of sp³-hybridized carbons (Fsp3) is 0.907. The third-order valence-electron chi connectivity index (χ3n) is 12.0. The average molecular weight is 847 g/mol. The molecule has 0 aliphatic heterocycles. The summed E-state index contributed by atoms with van der Waals surface area (Å²) in [6.07, 6.45) is 54.9. The van der Waals surface area contributed by atoms with Gasteiger partial charge in [0.1, 0.15) is 13.2 Å². The molecule has 6 heteroatoms. The lowest BCUT2D eigenvalue weighted by molar-refractivity contribution is -0.167. The quantitative estimate of drug-likeness (QED) is 0.0263. The molecule has 354 valence electrons. The second kappa shape index (κ2) is 49.8. The van der Waals surface area contributed by atoms with Crippen LogP contribution in [0.4, 0.5) is 0 Å². The first-order valence-corrected chi connectivity index (χ1v) is 26.7. The van der Waals surface area contributed by atoms with E-state index < -0.39 is 6.10 Å². The van der Waals surface area contributed by atoms with Crippen molar-refractivity contribution in [1.29, 1.82) is 0 Å². The standard InChI is InChI=1S/C54H102O6/c1-4-7-10-13-16-19-22-24-26-27-28-29-31-32-35-38-41-44-47-53(56)59-50-51(49-58-52(55)46-43-40-37-34-21-18-15-12-9-6-3)60-54(57)48-45-42-39-36-33-30-25-23-20-17-14-11-8-5-2/h30,33,51H,4-29,31-32,34-50H2,1-3H3/b33-30-. The van der Waals surface area contributed by atoms with E-state index in [1.54, 1.807) is 0 Å². The van der Waals surface area contributed by atoms with Crippen LogP contribution in [0.25, 0.3) is 0 Å². The van der Waals surface area contributed by atoms with E-state index in [2.05, 4.69) is 32.9 Å². The van der Waals surface area contributed by atoms with E-state index in [1.807, 2.05) is 0 Å². The van der Waals surface area contributed by atoms with Crippen molar-refractivity contribution in [2.75, 3.05) is 13.2 Å². The maximum absolute atomic E-state index is 12.8. The van der Waals surface area contributed by atoms with E-state index in [1.165, 1.54) is 186 Å². The molecular weight excluding hydrogens is 745 g/mol. The lowest BCUT2D eigenvalue weighted by atomic mass is 10.0. The van der Waals surface area contributed by atoms with Gasteiger partial charge in [0.05, 0.1) is 0 Å². The summed E-state index contributed by atoms with van der Waals surface area (Å²) >= 11 is 0. The molecule has 0 aromatic rings. The first kappa shape index (κ1) is 58.1. The highest BCUT2D eigenvalue weighted by atomic mass is 16.6. The number of carbonyl (C=O) groups excluding carboxylic acids is 3. The molecule has 0 N–H and O–H groups in total. The largest absolute Gasteiger partial charge is 0.462 e. The van der Waals surface area contributed by atoms with E-state index in [4.69, 9.17) is 14.2 Å².